The zero-order valence-corrected chi connectivity index (χ0v) is 14.6. The molecule has 1 aliphatic heterocycles. The molecule has 1 saturated heterocycles. The maximum absolute atomic E-state index is 12.0. The van der Waals surface area contributed by atoms with E-state index in [1.165, 1.54) is 24.0 Å². The minimum absolute atomic E-state index is 0.258. The molecule has 0 amide bonds. The highest BCUT2D eigenvalue weighted by Crippen LogP contribution is 2.33. The summed E-state index contributed by atoms with van der Waals surface area (Å²) < 4.78 is 5.45. The molecule has 3 aromatic rings. The van der Waals surface area contributed by atoms with Crippen LogP contribution in [-0.2, 0) is 13.0 Å². The Hall–Kier alpha value is -2.39. The van der Waals surface area contributed by atoms with E-state index in [4.69, 9.17) is 4.42 Å². The Morgan fingerprint density at radius 2 is 1.96 bits per heavy atom. The fourth-order valence-electron chi connectivity index (χ4n) is 3.91. The first-order chi connectivity index (χ1) is 12.2. The van der Waals surface area contributed by atoms with E-state index in [1.807, 2.05) is 6.07 Å². The highest BCUT2D eigenvalue weighted by molar-refractivity contribution is 5.80. The van der Waals surface area contributed by atoms with E-state index in [2.05, 4.69) is 54.3 Å². The molecule has 0 aliphatic carbocycles. The second-order valence-electron chi connectivity index (χ2n) is 6.81. The van der Waals surface area contributed by atoms with Crippen LogP contribution in [0.3, 0.4) is 0 Å². The van der Waals surface area contributed by atoms with E-state index in [-0.39, 0.29) is 5.63 Å². The van der Waals surface area contributed by atoms with Gasteiger partial charge in [-0.2, -0.15) is 0 Å². The van der Waals surface area contributed by atoms with Crippen molar-refractivity contribution in [3.05, 3.63) is 81.7 Å². The Bertz CT molecular complexity index is 930. The number of rotatable bonds is 4. The molecule has 0 spiro atoms. The van der Waals surface area contributed by atoms with Gasteiger partial charge in [0.15, 0.2) is 0 Å². The Labute approximate surface area is 147 Å². The average molecular weight is 333 g/mol. The van der Waals surface area contributed by atoms with E-state index in [0.717, 1.165) is 30.5 Å². The van der Waals surface area contributed by atoms with Crippen LogP contribution in [0.5, 0.6) is 0 Å². The van der Waals surface area contributed by atoms with Gasteiger partial charge in [0.1, 0.15) is 5.58 Å². The van der Waals surface area contributed by atoms with Crippen LogP contribution in [0, 0.1) is 0 Å². The molecule has 1 aromatic heterocycles. The zero-order chi connectivity index (χ0) is 17.2. The topological polar surface area (TPSA) is 33.5 Å². The largest absolute Gasteiger partial charge is 0.423 e. The van der Waals surface area contributed by atoms with E-state index < -0.39 is 0 Å². The predicted octanol–water partition coefficient (Wildman–Crippen LogP) is 4.69. The first kappa shape index (κ1) is 16.1. The number of nitrogens with zero attached hydrogens (tertiary/aromatic N) is 1. The molecular formula is C22H23NO2. The molecule has 0 bridgehead atoms. The molecule has 1 unspecified atom stereocenters. The number of hydrogen-bond donors (Lipinski definition) is 0. The summed E-state index contributed by atoms with van der Waals surface area (Å²) in [5, 5.41) is 1.05. The summed E-state index contributed by atoms with van der Waals surface area (Å²) in [5.74, 6) is 0. The van der Waals surface area contributed by atoms with E-state index in [0.29, 0.717) is 11.6 Å². The summed E-state index contributed by atoms with van der Waals surface area (Å²) in [4.78, 5) is 14.5. The normalized spacial score (nSPS) is 18.0. The highest BCUT2D eigenvalue weighted by atomic mass is 16.4. The first-order valence-electron chi connectivity index (χ1n) is 9.09. The lowest BCUT2D eigenvalue weighted by Gasteiger charge is -2.25. The van der Waals surface area contributed by atoms with Crippen LogP contribution < -0.4 is 5.63 Å². The molecule has 0 saturated carbocycles. The predicted molar refractivity (Wildman–Crippen MR) is 101 cm³/mol. The minimum atomic E-state index is -0.258. The molecule has 0 N–H and O–H groups in total. The van der Waals surface area contributed by atoms with Crippen molar-refractivity contribution in [3.63, 3.8) is 0 Å². The van der Waals surface area contributed by atoms with Gasteiger partial charge in [-0.1, -0.05) is 49.4 Å². The lowest BCUT2D eigenvalue weighted by atomic mass is 10.0. The molecule has 25 heavy (non-hydrogen) atoms. The summed E-state index contributed by atoms with van der Waals surface area (Å²) in [5.41, 5.74) is 4.07. The van der Waals surface area contributed by atoms with E-state index in [9.17, 15) is 4.79 Å². The van der Waals surface area contributed by atoms with Crippen LogP contribution in [-0.4, -0.2) is 11.4 Å². The van der Waals surface area contributed by atoms with Crippen LogP contribution in [0.4, 0.5) is 0 Å². The third-order valence-electron chi connectivity index (χ3n) is 5.22. The summed E-state index contributed by atoms with van der Waals surface area (Å²) in [6, 6.07) is 19.0. The van der Waals surface area contributed by atoms with Crippen molar-refractivity contribution in [1.29, 1.82) is 0 Å². The van der Waals surface area contributed by atoms with Gasteiger partial charge in [-0.05, 0) is 48.6 Å². The van der Waals surface area contributed by atoms with Crippen molar-refractivity contribution >= 4 is 11.0 Å². The number of benzene rings is 2. The second kappa shape index (κ2) is 6.85. The molecular weight excluding hydrogens is 310 g/mol. The van der Waals surface area contributed by atoms with Crippen molar-refractivity contribution < 1.29 is 4.42 Å². The van der Waals surface area contributed by atoms with Gasteiger partial charge in [-0.25, -0.2) is 4.79 Å². The van der Waals surface area contributed by atoms with Gasteiger partial charge >= 0.3 is 5.63 Å². The van der Waals surface area contributed by atoms with Crippen LogP contribution in [0.2, 0.25) is 0 Å². The molecule has 3 nitrogen and oxygen atoms in total. The van der Waals surface area contributed by atoms with Gasteiger partial charge in [0.2, 0.25) is 0 Å². The van der Waals surface area contributed by atoms with Crippen LogP contribution in [0.25, 0.3) is 11.0 Å². The Balaban J connectivity index is 1.69. The summed E-state index contributed by atoms with van der Waals surface area (Å²) in [7, 11) is 0. The molecule has 2 aromatic carbocycles. The maximum atomic E-state index is 12.0. The molecule has 128 valence electrons. The Morgan fingerprint density at radius 3 is 2.76 bits per heavy atom. The molecule has 3 heteroatoms. The van der Waals surface area contributed by atoms with Crippen molar-refractivity contribution in [3.8, 4) is 0 Å². The SMILES string of the molecule is CCc1ccc2c(CN3CCCC3c3ccccc3)cc(=O)oc2c1. The highest BCUT2D eigenvalue weighted by Gasteiger charge is 2.26. The average Bonchev–Trinajstić information content (AvgIpc) is 3.10. The first-order valence-corrected chi connectivity index (χ1v) is 9.09. The van der Waals surface area contributed by atoms with Crippen LogP contribution in [0.15, 0.2) is 63.8 Å². The molecule has 4 rings (SSSR count). The number of aryl methyl sites for hydroxylation is 1. The van der Waals surface area contributed by atoms with Gasteiger partial charge < -0.3 is 4.42 Å². The van der Waals surface area contributed by atoms with E-state index >= 15 is 0 Å². The quantitative estimate of drug-likeness (QED) is 0.649. The summed E-state index contributed by atoms with van der Waals surface area (Å²) in [6.07, 6.45) is 3.30. The van der Waals surface area contributed by atoms with Crippen LogP contribution in [0.1, 0.15) is 42.5 Å². The molecule has 1 aliphatic rings. The third kappa shape index (κ3) is 3.24. The smallest absolute Gasteiger partial charge is 0.336 e. The minimum Gasteiger partial charge on any atom is -0.423 e. The zero-order valence-electron chi connectivity index (χ0n) is 14.6. The van der Waals surface area contributed by atoms with E-state index in [1.54, 1.807) is 6.07 Å². The second-order valence-corrected chi connectivity index (χ2v) is 6.81. The van der Waals surface area contributed by atoms with Gasteiger partial charge in [-0.3, -0.25) is 4.90 Å². The Morgan fingerprint density at radius 1 is 1.12 bits per heavy atom. The Kier molecular flexibility index (Phi) is 4.41. The fraction of sp³-hybridized carbons (Fsp3) is 0.318. The molecule has 0 radical (unpaired) electrons. The molecule has 2 heterocycles. The van der Waals surface area contributed by atoms with Crippen molar-refractivity contribution in [1.82, 2.24) is 4.90 Å². The van der Waals surface area contributed by atoms with Gasteiger partial charge in [0, 0.05) is 24.0 Å². The van der Waals surface area contributed by atoms with Crippen molar-refractivity contribution in [2.45, 2.75) is 38.8 Å². The number of fused-ring (bicyclic) bond motifs is 1. The van der Waals surface area contributed by atoms with Gasteiger partial charge in [0.05, 0.1) is 0 Å². The maximum Gasteiger partial charge on any atom is 0.336 e. The van der Waals surface area contributed by atoms with Gasteiger partial charge in [0.25, 0.3) is 0 Å². The number of likely N-dealkylation sites (tertiary alicyclic amines) is 1. The van der Waals surface area contributed by atoms with Crippen molar-refractivity contribution in [2.24, 2.45) is 0 Å². The molecule has 1 fully saturated rings. The fourth-order valence-corrected chi connectivity index (χ4v) is 3.91. The van der Waals surface area contributed by atoms with Gasteiger partial charge in [-0.15, -0.1) is 0 Å². The third-order valence-corrected chi connectivity index (χ3v) is 5.22. The lowest BCUT2D eigenvalue weighted by Crippen LogP contribution is -2.23. The lowest BCUT2D eigenvalue weighted by molar-refractivity contribution is 0.249. The van der Waals surface area contributed by atoms with Crippen LogP contribution >= 0.6 is 0 Å². The summed E-state index contributed by atoms with van der Waals surface area (Å²) in [6.45, 7) is 3.96. The summed E-state index contributed by atoms with van der Waals surface area (Å²) >= 11 is 0. The van der Waals surface area contributed by atoms with Crippen molar-refractivity contribution in [2.75, 3.05) is 6.54 Å². The standard InChI is InChI=1S/C22H23NO2/c1-2-16-10-11-19-18(14-22(24)25-21(19)13-16)15-23-12-6-9-20(23)17-7-4-3-5-8-17/h3-5,7-8,10-11,13-14,20H,2,6,9,12,15H2,1H3. The molecule has 1 atom stereocenters. The monoisotopic (exact) mass is 333 g/mol. The number of hydrogen-bond acceptors (Lipinski definition) is 3.